The van der Waals surface area contributed by atoms with Crippen molar-refractivity contribution in [3.05, 3.63) is 30.1 Å². The van der Waals surface area contributed by atoms with Crippen LogP contribution in [0.4, 0.5) is 13.2 Å². The third kappa shape index (κ3) is 3.48. The summed E-state index contributed by atoms with van der Waals surface area (Å²) in [5.74, 6) is 1.14. The number of aryl methyl sites for hydroxylation is 1. The largest absolute Gasteiger partial charge is 0.417 e. The van der Waals surface area contributed by atoms with Crippen LogP contribution >= 0.6 is 23.5 Å². The lowest BCUT2D eigenvalue weighted by Gasteiger charge is -2.11. The maximum Gasteiger partial charge on any atom is 0.417 e. The lowest BCUT2D eigenvalue weighted by atomic mass is 10.2. The zero-order chi connectivity index (χ0) is 18.2. The van der Waals surface area contributed by atoms with Gasteiger partial charge in [-0.3, -0.25) is 4.98 Å². The van der Waals surface area contributed by atoms with Gasteiger partial charge in [0.25, 0.3) is 0 Å². The van der Waals surface area contributed by atoms with E-state index in [1.54, 1.807) is 29.6 Å². The predicted molar refractivity (Wildman–Crippen MR) is 94.9 cm³/mol. The smallest absolute Gasteiger partial charge is 0.310 e. The third-order valence-electron chi connectivity index (χ3n) is 3.61. The highest BCUT2D eigenvalue weighted by molar-refractivity contribution is 7.99. The number of thioether (sulfide) groups is 2. The Hall–Kier alpha value is -1.74. The number of alkyl halides is 3. The van der Waals surface area contributed by atoms with Gasteiger partial charge in [0.15, 0.2) is 11.5 Å². The maximum atomic E-state index is 13.0. The summed E-state index contributed by atoms with van der Waals surface area (Å²) in [4.78, 5) is 14.5. The van der Waals surface area contributed by atoms with Crippen LogP contribution in [0.25, 0.3) is 22.7 Å². The first-order valence-corrected chi connectivity index (χ1v) is 9.63. The monoisotopic (exact) mass is 384 g/mol. The Morgan fingerprint density at radius 3 is 2.56 bits per heavy atom. The van der Waals surface area contributed by atoms with Crippen molar-refractivity contribution in [2.24, 2.45) is 7.05 Å². The van der Waals surface area contributed by atoms with Gasteiger partial charge in [-0.1, -0.05) is 6.92 Å². The maximum absolute atomic E-state index is 13.0. The second kappa shape index (κ2) is 6.87. The van der Waals surface area contributed by atoms with Crippen LogP contribution in [0.5, 0.6) is 0 Å². The molecule has 0 amide bonds. The number of hydrogen-bond acceptors (Lipinski definition) is 5. The molecule has 0 saturated carbocycles. The number of rotatable bonds is 4. The van der Waals surface area contributed by atoms with E-state index < -0.39 is 11.7 Å². The molecule has 0 aromatic carbocycles. The van der Waals surface area contributed by atoms with Gasteiger partial charge in [0.1, 0.15) is 11.2 Å². The number of halogens is 3. The van der Waals surface area contributed by atoms with E-state index >= 15 is 0 Å². The second-order valence-electron chi connectivity index (χ2n) is 5.21. The summed E-state index contributed by atoms with van der Waals surface area (Å²) in [6, 6.07) is 3.05. The van der Waals surface area contributed by atoms with E-state index in [0.29, 0.717) is 33.3 Å². The van der Waals surface area contributed by atoms with Crippen LogP contribution in [-0.4, -0.2) is 31.5 Å². The summed E-state index contributed by atoms with van der Waals surface area (Å²) in [5.41, 5.74) is 1.04. The molecule has 0 radical (unpaired) electrons. The van der Waals surface area contributed by atoms with Crippen molar-refractivity contribution in [2.75, 3.05) is 12.0 Å². The molecule has 25 heavy (non-hydrogen) atoms. The average molecular weight is 384 g/mol. The van der Waals surface area contributed by atoms with Crippen molar-refractivity contribution in [1.82, 2.24) is 19.5 Å². The van der Waals surface area contributed by atoms with Gasteiger partial charge in [0.2, 0.25) is 0 Å². The van der Waals surface area contributed by atoms with E-state index in [-0.39, 0.29) is 0 Å². The highest BCUT2D eigenvalue weighted by Crippen LogP contribution is 2.36. The van der Waals surface area contributed by atoms with Gasteiger partial charge in [-0.05, 0) is 24.1 Å². The van der Waals surface area contributed by atoms with E-state index in [1.165, 1.54) is 11.8 Å². The average Bonchev–Trinajstić information content (AvgIpc) is 2.90. The molecule has 0 unspecified atom stereocenters. The van der Waals surface area contributed by atoms with Crippen LogP contribution < -0.4 is 0 Å². The minimum absolute atomic E-state index is 0.436. The Kier molecular flexibility index (Phi) is 4.97. The summed E-state index contributed by atoms with van der Waals surface area (Å²) in [7, 11) is 1.79. The molecule has 0 bridgehead atoms. The molecule has 3 rings (SSSR count). The predicted octanol–water partition coefficient (Wildman–Crippen LogP) is 4.88. The van der Waals surface area contributed by atoms with Gasteiger partial charge in [-0.25, -0.2) is 9.97 Å². The van der Waals surface area contributed by atoms with Gasteiger partial charge < -0.3 is 4.57 Å². The highest BCUT2D eigenvalue weighted by atomic mass is 32.2. The Morgan fingerprint density at radius 2 is 1.92 bits per heavy atom. The van der Waals surface area contributed by atoms with E-state index in [1.807, 2.05) is 19.2 Å². The molecule has 3 heterocycles. The fourth-order valence-electron chi connectivity index (χ4n) is 2.41. The normalized spacial score (nSPS) is 12.1. The van der Waals surface area contributed by atoms with Crippen LogP contribution in [0, 0.1) is 0 Å². The Labute approximate surface area is 151 Å². The standard InChI is InChI=1S/C16H15F3N4S2/c1-4-25-12-5-9(16(17,18)19)7-20-13(12)15-22-11-6-10(24-3)8-21-14(11)23(15)2/h5-8H,4H2,1-3H3. The molecule has 3 aromatic rings. The zero-order valence-electron chi connectivity index (χ0n) is 13.8. The van der Waals surface area contributed by atoms with Crippen LogP contribution in [-0.2, 0) is 13.2 Å². The first-order chi connectivity index (χ1) is 11.8. The minimum Gasteiger partial charge on any atom is -0.310 e. The summed E-state index contributed by atoms with van der Waals surface area (Å²) < 4.78 is 40.7. The molecular weight excluding hydrogens is 369 g/mol. The molecule has 0 fully saturated rings. The third-order valence-corrected chi connectivity index (χ3v) is 5.22. The highest BCUT2D eigenvalue weighted by Gasteiger charge is 2.32. The molecule has 0 aliphatic carbocycles. The Morgan fingerprint density at radius 1 is 1.16 bits per heavy atom. The van der Waals surface area contributed by atoms with Gasteiger partial charge in [-0.2, -0.15) is 13.2 Å². The summed E-state index contributed by atoms with van der Waals surface area (Å²) >= 11 is 2.87. The molecule has 9 heteroatoms. The molecule has 3 aromatic heterocycles. The first kappa shape index (κ1) is 18.1. The van der Waals surface area contributed by atoms with E-state index in [4.69, 9.17) is 0 Å². The van der Waals surface area contributed by atoms with Gasteiger partial charge in [0, 0.05) is 29.2 Å². The molecule has 0 atom stereocenters. The van der Waals surface area contributed by atoms with Crippen LogP contribution in [0.15, 0.2) is 34.3 Å². The molecule has 0 N–H and O–H groups in total. The molecule has 0 aliphatic heterocycles. The molecular formula is C16H15F3N4S2. The number of pyridine rings is 2. The van der Waals surface area contributed by atoms with Crippen LogP contribution in [0.3, 0.4) is 0 Å². The van der Waals surface area contributed by atoms with Crippen molar-refractivity contribution in [2.45, 2.75) is 22.9 Å². The van der Waals surface area contributed by atoms with E-state index in [0.717, 1.165) is 17.2 Å². The molecule has 132 valence electrons. The summed E-state index contributed by atoms with van der Waals surface area (Å²) in [5, 5.41) is 0. The van der Waals surface area contributed by atoms with Crippen LogP contribution in [0.1, 0.15) is 12.5 Å². The lowest BCUT2D eigenvalue weighted by molar-refractivity contribution is -0.138. The fourth-order valence-corrected chi connectivity index (χ4v) is 3.60. The van der Waals surface area contributed by atoms with Gasteiger partial charge >= 0.3 is 6.18 Å². The number of hydrogen-bond donors (Lipinski definition) is 0. The van der Waals surface area contributed by atoms with Crippen molar-refractivity contribution in [3.63, 3.8) is 0 Å². The molecule has 4 nitrogen and oxygen atoms in total. The second-order valence-corrected chi connectivity index (χ2v) is 7.40. The van der Waals surface area contributed by atoms with Crippen LogP contribution in [0.2, 0.25) is 0 Å². The van der Waals surface area contributed by atoms with Crippen molar-refractivity contribution in [1.29, 1.82) is 0 Å². The fraction of sp³-hybridized carbons (Fsp3) is 0.312. The molecule has 0 saturated heterocycles. The van der Waals surface area contributed by atoms with Gasteiger partial charge in [0.05, 0.1) is 5.56 Å². The number of fused-ring (bicyclic) bond motifs is 1. The Bertz CT molecular complexity index is 922. The van der Waals surface area contributed by atoms with Crippen molar-refractivity contribution >= 4 is 34.7 Å². The van der Waals surface area contributed by atoms with Crippen molar-refractivity contribution < 1.29 is 13.2 Å². The quantitative estimate of drug-likeness (QED) is 0.600. The minimum atomic E-state index is -4.42. The Balaban J connectivity index is 2.18. The van der Waals surface area contributed by atoms with E-state index in [9.17, 15) is 13.2 Å². The summed E-state index contributed by atoms with van der Waals surface area (Å²) in [6.45, 7) is 1.88. The first-order valence-electron chi connectivity index (χ1n) is 7.42. The molecule has 0 aliphatic rings. The SMILES string of the molecule is CCSc1cc(C(F)(F)F)cnc1-c1nc2cc(SC)cnc2n1C. The van der Waals surface area contributed by atoms with E-state index in [2.05, 4.69) is 15.0 Å². The topological polar surface area (TPSA) is 43.6 Å². The number of nitrogens with zero attached hydrogens (tertiary/aromatic N) is 4. The lowest BCUT2D eigenvalue weighted by Crippen LogP contribution is -2.07. The zero-order valence-corrected chi connectivity index (χ0v) is 15.4. The van der Waals surface area contributed by atoms with Gasteiger partial charge in [-0.15, -0.1) is 23.5 Å². The molecule has 0 spiro atoms. The summed E-state index contributed by atoms with van der Waals surface area (Å²) in [6.07, 6.45) is 0.130. The number of imidazole rings is 1. The van der Waals surface area contributed by atoms with Crippen molar-refractivity contribution in [3.8, 4) is 11.5 Å². The number of aromatic nitrogens is 4.